The molecule has 4 fully saturated rings. The van der Waals surface area contributed by atoms with E-state index in [4.69, 9.17) is 0 Å². The molecule has 3 saturated carbocycles. The fourth-order valence-electron chi connectivity index (χ4n) is 9.07. The summed E-state index contributed by atoms with van der Waals surface area (Å²) >= 11 is 0. The van der Waals surface area contributed by atoms with E-state index < -0.39 is 0 Å². The fraction of sp³-hybridized carbons (Fsp3) is 0.963. The monoisotopic (exact) mass is 401 g/mol. The molecule has 4 rings (SSSR count). The molecule has 3 aliphatic carbocycles. The molecule has 1 amide bonds. The van der Waals surface area contributed by atoms with Crippen LogP contribution in [-0.4, -0.2) is 11.9 Å². The highest BCUT2D eigenvalue weighted by molar-refractivity contribution is 5.77. The molecule has 0 radical (unpaired) electrons. The Morgan fingerprint density at radius 2 is 1.72 bits per heavy atom. The number of nitrogens with one attached hydrogen (secondary N) is 1. The highest BCUT2D eigenvalue weighted by atomic mass is 16.1. The van der Waals surface area contributed by atoms with Gasteiger partial charge in [0, 0.05) is 12.5 Å². The molecule has 0 aromatic carbocycles. The Hall–Kier alpha value is -0.530. The number of piperidine rings is 1. The summed E-state index contributed by atoms with van der Waals surface area (Å²) < 4.78 is 0. The second kappa shape index (κ2) is 7.86. The second-order valence-electron chi connectivity index (χ2n) is 12.7. The fourth-order valence-corrected chi connectivity index (χ4v) is 9.07. The molecule has 5 unspecified atom stereocenters. The third-order valence-corrected chi connectivity index (χ3v) is 10.7. The van der Waals surface area contributed by atoms with E-state index in [1.807, 2.05) is 0 Å². The van der Waals surface area contributed by atoms with E-state index in [0.29, 0.717) is 22.8 Å². The SMILES string of the molecule is CC(C)CCCC(C)C1CCC2C3C(CC[C@]12C)[C@@]1(C)CCC(=O)N[C@@H]1C[C@@H]3C. The van der Waals surface area contributed by atoms with Gasteiger partial charge in [0.15, 0.2) is 0 Å². The van der Waals surface area contributed by atoms with Crippen LogP contribution in [-0.2, 0) is 4.79 Å². The first kappa shape index (κ1) is 21.7. The Morgan fingerprint density at radius 1 is 1.00 bits per heavy atom. The summed E-state index contributed by atoms with van der Waals surface area (Å²) in [7, 11) is 0. The molecule has 1 N–H and O–H groups in total. The van der Waals surface area contributed by atoms with Crippen molar-refractivity contribution >= 4 is 5.91 Å². The molecular formula is C27H47NO. The molecular weight excluding hydrogens is 354 g/mol. The molecule has 0 aromatic rings. The minimum absolute atomic E-state index is 0.301. The maximum Gasteiger partial charge on any atom is 0.220 e. The first-order chi connectivity index (χ1) is 13.7. The zero-order valence-corrected chi connectivity index (χ0v) is 20.1. The van der Waals surface area contributed by atoms with Gasteiger partial charge in [-0.05, 0) is 90.8 Å². The van der Waals surface area contributed by atoms with Crippen LogP contribution in [0.2, 0.25) is 0 Å². The Balaban J connectivity index is 1.51. The van der Waals surface area contributed by atoms with E-state index in [1.54, 1.807) is 0 Å². The average molecular weight is 402 g/mol. The molecule has 0 aromatic heterocycles. The highest BCUT2D eigenvalue weighted by Gasteiger charge is 2.62. The predicted octanol–water partition coefficient (Wildman–Crippen LogP) is 6.83. The van der Waals surface area contributed by atoms with Crippen LogP contribution < -0.4 is 5.32 Å². The van der Waals surface area contributed by atoms with Gasteiger partial charge in [-0.15, -0.1) is 0 Å². The lowest BCUT2D eigenvalue weighted by Crippen LogP contribution is -2.63. The molecule has 1 aliphatic heterocycles. The Bertz CT molecular complexity index is 614. The van der Waals surface area contributed by atoms with E-state index in [2.05, 4.69) is 46.9 Å². The number of rotatable bonds is 5. The Labute approximate surface area is 180 Å². The lowest BCUT2D eigenvalue weighted by molar-refractivity contribution is -0.144. The van der Waals surface area contributed by atoms with Gasteiger partial charge >= 0.3 is 0 Å². The normalized spacial score (nSPS) is 47.9. The van der Waals surface area contributed by atoms with Gasteiger partial charge < -0.3 is 5.32 Å². The van der Waals surface area contributed by atoms with Crippen molar-refractivity contribution in [2.75, 3.05) is 0 Å². The number of hydrogen-bond acceptors (Lipinski definition) is 1. The van der Waals surface area contributed by atoms with Crippen molar-refractivity contribution < 1.29 is 4.79 Å². The van der Waals surface area contributed by atoms with E-state index in [9.17, 15) is 4.79 Å². The van der Waals surface area contributed by atoms with Crippen molar-refractivity contribution in [2.45, 2.75) is 112 Å². The predicted molar refractivity (Wildman–Crippen MR) is 121 cm³/mol. The van der Waals surface area contributed by atoms with Crippen LogP contribution in [0.5, 0.6) is 0 Å². The molecule has 29 heavy (non-hydrogen) atoms. The van der Waals surface area contributed by atoms with Gasteiger partial charge in [-0.2, -0.15) is 0 Å². The zero-order valence-electron chi connectivity index (χ0n) is 20.1. The molecule has 0 bridgehead atoms. The van der Waals surface area contributed by atoms with Gasteiger partial charge in [-0.3, -0.25) is 4.79 Å². The summed E-state index contributed by atoms with van der Waals surface area (Å²) in [6, 6.07) is 0.427. The number of fused-ring (bicyclic) bond motifs is 5. The van der Waals surface area contributed by atoms with Crippen LogP contribution in [0.4, 0.5) is 0 Å². The van der Waals surface area contributed by atoms with E-state index in [-0.39, 0.29) is 0 Å². The summed E-state index contributed by atoms with van der Waals surface area (Å²) in [5.74, 6) is 6.36. The van der Waals surface area contributed by atoms with Crippen LogP contribution in [0.25, 0.3) is 0 Å². The summed E-state index contributed by atoms with van der Waals surface area (Å²) in [5, 5.41) is 3.41. The molecule has 166 valence electrons. The van der Waals surface area contributed by atoms with Crippen LogP contribution >= 0.6 is 0 Å². The van der Waals surface area contributed by atoms with Crippen molar-refractivity contribution in [3.8, 4) is 0 Å². The van der Waals surface area contributed by atoms with Crippen LogP contribution in [0.15, 0.2) is 0 Å². The van der Waals surface area contributed by atoms with Crippen molar-refractivity contribution in [1.29, 1.82) is 0 Å². The van der Waals surface area contributed by atoms with Crippen molar-refractivity contribution in [3.63, 3.8) is 0 Å². The Kier molecular flexibility index (Phi) is 5.88. The van der Waals surface area contributed by atoms with Crippen LogP contribution in [0.3, 0.4) is 0 Å². The molecule has 2 heteroatoms. The topological polar surface area (TPSA) is 29.1 Å². The van der Waals surface area contributed by atoms with Crippen molar-refractivity contribution in [2.24, 2.45) is 52.3 Å². The molecule has 2 nitrogen and oxygen atoms in total. The van der Waals surface area contributed by atoms with Gasteiger partial charge in [0.2, 0.25) is 5.91 Å². The van der Waals surface area contributed by atoms with Gasteiger partial charge in [0.25, 0.3) is 0 Å². The number of carbonyl (C=O) groups excluding carboxylic acids is 1. The highest BCUT2D eigenvalue weighted by Crippen LogP contribution is 2.67. The summed E-state index contributed by atoms with van der Waals surface area (Å²) in [6.45, 7) is 15.0. The summed E-state index contributed by atoms with van der Waals surface area (Å²) in [6.07, 6.45) is 13.1. The minimum atomic E-state index is 0.301. The van der Waals surface area contributed by atoms with E-state index >= 15 is 0 Å². The zero-order chi connectivity index (χ0) is 21.0. The standard InChI is InChI=1S/C27H47NO/c1-17(2)8-7-9-18(3)20-10-11-21-25-19(4)16-23-27(6,15-13-24(29)28-23)22(25)12-14-26(20,21)5/h17-23,25H,7-16H2,1-6H3,(H,28,29)/t18?,19-,20?,21?,22?,23+,25?,26+,27+/m0/s1. The average Bonchev–Trinajstić information content (AvgIpc) is 3.00. The molecule has 1 saturated heterocycles. The number of carbonyl (C=O) groups is 1. The Morgan fingerprint density at radius 3 is 2.45 bits per heavy atom. The van der Waals surface area contributed by atoms with E-state index in [1.165, 1.54) is 51.4 Å². The molecule has 9 atom stereocenters. The third-order valence-electron chi connectivity index (χ3n) is 10.7. The molecule has 1 heterocycles. The molecule has 4 aliphatic rings. The first-order valence-electron chi connectivity index (χ1n) is 13.0. The maximum absolute atomic E-state index is 12.1. The van der Waals surface area contributed by atoms with Gasteiger partial charge in [0.1, 0.15) is 0 Å². The summed E-state index contributed by atoms with van der Waals surface area (Å²) in [4.78, 5) is 12.1. The molecule has 0 spiro atoms. The lowest BCUT2D eigenvalue weighted by Gasteiger charge is -2.62. The third kappa shape index (κ3) is 3.59. The van der Waals surface area contributed by atoms with E-state index in [0.717, 1.165) is 54.3 Å². The largest absolute Gasteiger partial charge is 0.353 e. The van der Waals surface area contributed by atoms with Crippen molar-refractivity contribution in [1.82, 2.24) is 5.32 Å². The number of hydrogen-bond donors (Lipinski definition) is 1. The maximum atomic E-state index is 12.1. The van der Waals surface area contributed by atoms with Crippen LogP contribution in [0.1, 0.15) is 106 Å². The van der Waals surface area contributed by atoms with Gasteiger partial charge in [-0.25, -0.2) is 0 Å². The van der Waals surface area contributed by atoms with Crippen LogP contribution in [0, 0.1) is 52.3 Å². The minimum Gasteiger partial charge on any atom is -0.353 e. The van der Waals surface area contributed by atoms with Crippen molar-refractivity contribution in [3.05, 3.63) is 0 Å². The number of amides is 1. The first-order valence-corrected chi connectivity index (χ1v) is 13.0. The quantitative estimate of drug-likeness (QED) is 0.537. The lowest BCUT2D eigenvalue weighted by atomic mass is 9.44. The summed E-state index contributed by atoms with van der Waals surface area (Å²) in [5.41, 5.74) is 0.904. The smallest absolute Gasteiger partial charge is 0.220 e. The second-order valence-corrected chi connectivity index (χ2v) is 12.7. The van der Waals surface area contributed by atoms with Gasteiger partial charge in [0.05, 0.1) is 0 Å². The van der Waals surface area contributed by atoms with Gasteiger partial charge in [-0.1, -0.05) is 60.8 Å².